The number of nitrogens with one attached hydrogen (secondary N) is 1. The van der Waals surface area contributed by atoms with Gasteiger partial charge in [-0.25, -0.2) is 4.39 Å². The zero-order chi connectivity index (χ0) is 13.3. The van der Waals surface area contributed by atoms with E-state index < -0.39 is 11.9 Å². The molecule has 0 saturated carbocycles. The summed E-state index contributed by atoms with van der Waals surface area (Å²) in [7, 11) is 0. The first kappa shape index (κ1) is 12.5. The molecular weight excluding hydrogens is 235 g/mol. The van der Waals surface area contributed by atoms with Crippen molar-refractivity contribution in [3.05, 3.63) is 29.6 Å². The van der Waals surface area contributed by atoms with E-state index in [4.69, 9.17) is 0 Å². The lowest BCUT2D eigenvalue weighted by Gasteiger charge is -2.34. The minimum atomic E-state index is -0.636. The number of hydrogen-bond donors (Lipinski definition) is 1. The van der Waals surface area contributed by atoms with Crippen LogP contribution in [0.25, 0.3) is 0 Å². The van der Waals surface area contributed by atoms with Crippen LogP contribution < -0.4 is 10.2 Å². The lowest BCUT2D eigenvalue weighted by atomic mass is 10.1. The van der Waals surface area contributed by atoms with E-state index in [0.29, 0.717) is 6.42 Å². The van der Waals surface area contributed by atoms with Crippen molar-refractivity contribution in [1.82, 2.24) is 5.32 Å². The summed E-state index contributed by atoms with van der Waals surface area (Å²) in [4.78, 5) is 24.9. The monoisotopic (exact) mass is 250 g/mol. The number of benzene rings is 1. The topological polar surface area (TPSA) is 49.4 Å². The molecular formula is C13H15FN2O2. The largest absolute Gasteiger partial charge is 0.345 e. The summed E-state index contributed by atoms with van der Waals surface area (Å²) in [5.41, 5.74) is 0.950. The van der Waals surface area contributed by atoms with Crippen LogP contribution in [0, 0.1) is 12.7 Å². The van der Waals surface area contributed by atoms with Gasteiger partial charge in [-0.05, 0) is 31.0 Å². The highest BCUT2D eigenvalue weighted by Gasteiger charge is 2.35. The van der Waals surface area contributed by atoms with Gasteiger partial charge in [0.05, 0.1) is 12.2 Å². The van der Waals surface area contributed by atoms with Crippen molar-refractivity contribution in [1.29, 1.82) is 0 Å². The Balaban J connectivity index is 2.44. The van der Waals surface area contributed by atoms with Crippen LogP contribution in [0.5, 0.6) is 0 Å². The molecule has 1 aromatic rings. The van der Waals surface area contributed by atoms with Gasteiger partial charge in [-0.15, -0.1) is 0 Å². The minimum absolute atomic E-state index is 0.0807. The lowest BCUT2D eigenvalue weighted by Crippen LogP contribution is -2.58. The molecule has 2 rings (SSSR count). The molecule has 1 unspecified atom stereocenters. The normalized spacial score (nSPS) is 19.9. The predicted octanol–water partition coefficient (Wildman–Crippen LogP) is 1.38. The van der Waals surface area contributed by atoms with Crippen LogP contribution in [0.15, 0.2) is 18.2 Å². The number of carbonyl (C=O) groups is 2. The van der Waals surface area contributed by atoms with Gasteiger partial charge in [0.2, 0.25) is 11.8 Å². The summed E-state index contributed by atoms with van der Waals surface area (Å²) in [6.07, 6.45) is 0.449. The zero-order valence-corrected chi connectivity index (χ0v) is 10.4. The van der Waals surface area contributed by atoms with E-state index in [1.54, 1.807) is 26.0 Å². The summed E-state index contributed by atoms with van der Waals surface area (Å²) in [6, 6.07) is 4.00. The Bertz CT molecular complexity index is 502. The highest BCUT2D eigenvalue weighted by Crippen LogP contribution is 2.25. The van der Waals surface area contributed by atoms with Crippen molar-refractivity contribution in [2.75, 3.05) is 11.4 Å². The molecule has 1 aromatic carbocycles. The Kier molecular flexibility index (Phi) is 3.32. The molecule has 1 aliphatic rings. The van der Waals surface area contributed by atoms with Gasteiger partial charge in [0.15, 0.2) is 0 Å². The fourth-order valence-corrected chi connectivity index (χ4v) is 2.13. The van der Waals surface area contributed by atoms with E-state index in [-0.39, 0.29) is 24.0 Å². The number of halogens is 1. The molecule has 0 radical (unpaired) electrons. The highest BCUT2D eigenvalue weighted by atomic mass is 19.1. The summed E-state index contributed by atoms with van der Waals surface area (Å²) in [6.45, 7) is 3.49. The van der Waals surface area contributed by atoms with E-state index in [0.717, 1.165) is 5.56 Å². The van der Waals surface area contributed by atoms with Crippen molar-refractivity contribution in [3.8, 4) is 0 Å². The number of rotatable bonds is 2. The first-order valence-corrected chi connectivity index (χ1v) is 5.90. The molecule has 18 heavy (non-hydrogen) atoms. The molecule has 1 N–H and O–H groups in total. The second-order valence-electron chi connectivity index (χ2n) is 4.36. The molecule has 1 aliphatic heterocycles. The summed E-state index contributed by atoms with van der Waals surface area (Å²) in [5.74, 6) is -1.00. The van der Waals surface area contributed by atoms with Crippen molar-refractivity contribution >= 4 is 17.5 Å². The molecule has 4 nitrogen and oxygen atoms in total. The number of nitrogens with zero attached hydrogens (tertiary/aromatic N) is 1. The van der Waals surface area contributed by atoms with Crippen molar-refractivity contribution in [2.24, 2.45) is 0 Å². The molecule has 0 bridgehead atoms. The van der Waals surface area contributed by atoms with Gasteiger partial charge in [0, 0.05) is 0 Å². The Morgan fingerprint density at radius 1 is 1.44 bits per heavy atom. The second-order valence-corrected chi connectivity index (χ2v) is 4.36. The third-order valence-corrected chi connectivity index (χ3v) is 3.05. The molecule has 1 heterocycles. The quantitative estimate of drug-likeness (QED) is 0.862. The Labute approximate surface area is 105 Å². The highest BCUT2D eigenvalue weighted by molar-refractivity contribution is 6.06. The Morgan fingerprint density at radius 2 is 2.17 bits per heavy atom. The van der Waals surface area contributed by atoms with Crippen LogP contribution in [0.1, 0.15) is 18.9 Å². The van der Waals surface area contributed by atoms with E-state index in [1.165, 1.54) is 11.0 Å². The van der Waals surface area contributed by atoms with Crippen molar-refractivity contribution in [2.45, 2.75) is 26.3 Å². The second kappa shape index (κ2) is 4.76. The molecule has 0 aliphatic carbocycles. The molecule has 0 aromatic heterocycles. The first-order valence-electron chi connectivity index (χ1n) is 5.90. The zero-order valence-electron chi connectivity index (χ0n) is 10.4. The van der Waals surface area contributed by atoms with Crippen molar-refractivity contribution in [3.63, 3.8) is 0 Å². The SMILES string of the molecule is CCC1C(=O)NCC(=O)N1c1ccc(C)cc1F. The standard InChI is InChI=1S/C13H15FN2O2/c1-3-10-13(18)15-7-12(17)16(10)11-5-4-8(2)6-9(11)14/h4-6,10H,3,7H2,1-2H3,(H,15,18). The molecule has 1 saturated heterocycles. The third kappa shape index (κ3) is 2.08. The van der Waals surface area contributed by atoms with Gasteiger partial charge in [0.25, 0.3) is 0 Å². The van der Waals surface area contributed by atoms with Crippen LogP contribution in [0.3, 0.4) is 0 Å². The molecule has 1 fully saturated rings. The Hall–Kier alpha value is -1.91. The predicted molar refractivity (Wildman–Crippen MR) is 65.7 cm³/mol. The van der Waals surface area contributed by atoms with Crippen LogP contribution in [-0.4, -0.2) is 24.4 Å². The van der Waals surface area contributed by atoms with Crippen LogP contribution in [0.2, 0.25) is 0 Å². The van der Waals surface area contributed by atoms with Crippen LogP contribution >= 0.6 is 0 Å². The molecule has 1 atom stereocenters. The maximum atomic E-state index is 13.9. The van der Waals surface area contributed by atoms with E-state index in [9.17, 15) is 14.0 Å². The number of aryl methyl sites for hydroxylation is 1. The third-order valence-electron chi connectivity index (χ3n) is 3.05. The fourth-order valence-electron chi connectivity index (χ4n) is 2.13. The molecule has 96 valence electrons. The molecule has 5 heteroatoms. The fraction of sp³-hybridized carbons (Fsp3) is 0.385. The van der Waals surface area contributed by atoms with Gasteiger partial charge in [-0.3, -0.25) is 14.5 Å². The average molecular weight is 250 g/mol. The Morgan fingerprint density at radius 3 is 2.78 bits per heavy atom. The van der Waals surface area contributed by atoms with Gasteiger partial charge in [-0.1, -0.05) is 13.0 Å². The number of amides is 2. The van der Waals surface area contributed by atoms with Crippen molar-refractivity contribution < 1.29 is 14.0 Å². The summed E-state index contributed by atoms with van der Waals surface area (Å²) >= 11 is 0. The minimum Gasteiger partial charge on any atom is -0.345 e. The maximum Gasteiger partial charge on any atom is 0.247 e. The first-order chi connectivity index (χ1) is 8.54. The number of anilines is 1. The molecule has 0 spiro atoms. The van der Waals surface area contributed by atoms with Gasteiger partial charge >= 0.3 is 0 Å². The maximum absolute atomic E-state index is 13.9. The molecule has 2 amide bonds. The van der Waals surface area contributed by atoms with Gasteiger partial charge in [-0.2, -0.15) is 0 Å². The van der Waals surface area contributed by atoms with E-state index >= 15 is 0 Å². The average Bonchev–Trinajstić information content (AvgIpc) is 2.33. The van der Waals surface area contributed by atoms with Gasteiger partial charge in [0.1, 0.15) is 11.9 Å². The lowest BCUT2D eigenvalue weighted by molar-refractivity contribution is -0.131. The number of piperazine rings is 1. The number of carbonyl (C=O) groups excluding carboxylic acids is 2. The smallest absolute Gasteiger partial charge is 0.247 e. The van der Waals surface area contributed by atoms with Gasteiger partial charge < -0.3 is 5.32 Å². The van der Waals surface area contributed by atoms with E-state index in [1.807, 2.05) is 0 Å². The summed E-state index contributed by atoms with van der Waals surface area (Å²) < 4.78 is 13.9. The number of hydrogen-bond acceptors (Lipinski definition) is 2. The van der Waals surface area contributed by atoms with E-state index in [2.05, 4.69) is 5.32 Å². The van der Waals surface area contributed by atoms with Crippen LogP contribution in [0.4, 0.5) is 10.1 Å². The van der Waals surface area contributed by atoms with Crippen LogP contribution in [-0.2, 0) is 9.59 Å². The summed E-state index contributed by atoms with van der Waals surface area (Å²) in [5, 5.41) is 2.51.